The molecule has 0 heterocycles. The first-order valence-corrected chi connectivity index (χ1v) is 5.83. The average molecular weight is 235 g/mol. The molecule has 1 aliphatic carbocycles. The van der Waals surface area contributed by atoms with Gasteiger partial charge in [0, 0.05) is 12.6 Å². The molecule has 1 aliphatic rings. The van der Waals surface area contributed by atoms with Gasteiger partial charge in [0.15, 0.2) is 0 Å². The van der Waals surface area contributed by atoms with Gasteiger partial charge in [0.2, 0.25) is 0 Å². The summed E-state index contributed by atoms with van der Waals surface area (Å²) in [6, 6.07) is 7.25. The lowest BCUT2D eigenvalue weighted by Gasteiger charge is -2.15. The van der Waals surface area contributed by atoms with Crippen molar-refractivity contribution in [2.24, 2.45) is 0 Å². The van der Waals surface area contributed by atoms with E-state index in [1.165, 1.54) is 12.8 Å². The highest BCUT2D eigenvalue weighted by Crippen LogP contribution is 2.24. The third-order valence-corrected chi connectivity index (χ3v) is 2.98. The highest BCUT2D eigenvalue weighted by molar-refractivity contribution is 5.87. The van der Waals surface area contributed by atoms with Crippen LogP contribution in [-0.4, -0.2) is 42.2 Å². The van der Waals surface area contributed by atoms with E-state index >= 15 is 0 Å². The van der Waals surface area contributed by atoms with E-state index < -0.39 is 5.97 Å². The molecule has 1 aromatic rings. The SMILES string of the molecule is CN(CCOc1ccc(C(=O)O)cc1)C1CC1. The Morgan fingerprint density at radius 3 is 2.59 bits per heavy atom. The predicted octanol–water partition coefficient (Wildman–Crippen LogP) is 1.86. The molecule has 1 saturated carbocycles. The van der Waals surface area contributed by atoms with Gasteiger partial charge in [-0.1, -0.05) is 0 Å². The minimum Gasteiger partial charge on any atom is -0.492 e. The quantitative estimate of drug-likeness (QED) is 0.817. The Morgan fingerprint density at radius 2 is 2.06 bits per heavy atom. The van der Waals surface area contributed by atoms with Crippen LogP contribution in [0, 0.1) is 0 Å². The second-order valence-electron chi connectivity index (χ2n) is 4.39. The number of benzene rings is 1. The van der Waals surface area contributed by atoms with Crippen molar-refractivity contribution in [1.82, 2.24) is 4.90 Å². The molecule has 0 amide bonds. The van der Waals surface area contributed by atoms with Gasteiger partial charge in [-0.2, -0.15) is 0 Å². The fraction of sp³-hybridized carbons (Fsp3) is 0.462. The van der Waals surface area contributed by atoms with Crippen molar-refractivity contribution >= 4 is 5.97 Å². The van der Waals surface area contributed by atoms with Crippen molar-refractivity contribution in [2.45, 2.75) is 18.9 Å². The predicted molar refractivity (Wildman–Crippen MR) is 64.5 cm³/mol. The van der Waals surface area contributed by atoms with E-state index in [1.807, 2.05) is 0 Å². The molecule has 4 heteroatoms. The maximum Gasteiger partial charge on any atom is 0.335 e. The molecule has 0 aliphatic heterocycles. The first kappa shape index (κ1) is 11.9. The number of aromatic carboxylic acids is 1. The molecule has 17 heavy (non-hydrogen) atoms. The van der Waals surface area contributed by atoms with Gasteiger partial charge < -0.3 is 14.7 Å². The van der Waals surface area contributed by atoms with Gasteiger partial charge in [0.05, 0.1) is 5.56 Å². The number of ether oxygens (including phenoxy) is 1. The van der Waals surface area contributed by atoms with Gasteiger partial charge in [-0.05, 0) is 44.2 Å². The van der Waals surface area contributed by atoms with Crippen molar-refractivity contribution < 1.29 is 14.6 Å². The van der Waals surface area contributed by atoms with E-state index in [1.54, 1.807) is 24.3 Å². The Morgan fingerprint density at radius 1 is 1.41 bits per heavy atom. The first-order chi connectivity index (χ1) is 8.16. The van der Waals surface area contributed by atoms with Crippen LogP contribution in [0.4, 0.5) is 0 Å². The Balaban J connectivity index is 1.76. The van der Waals surface area contributed by atoms with E-state index in [2.05, 4.69) is 11.9 Å². The first-order valence-electron chi connectivity index (χ1n) is 5.83. The molecule has 0 unspecified atom stereocenters. The highest BCUT2D eigenvalue weighted by Gasteiger charge is 2.25. The molecule has 0 saturated heterocycles. The van der Waals surface area contributed by atoms with Crippen molar-refractivity contribution in [3.8, 4) is 5.75 Å². The van der Waals surface area contributed by atoms with Crippen LogP contribution in [0.5, 0.6) is 5.75 Å². The van der Waals surface area contributed by atoms with E-state index in [-0.39, 0.29) is 5.56 Å². The van der Waals surface area contributed by atoms with E-state index in [4.69, 9.17) is 9.84 Å². The summed E-state index contributed by atoms with van der Waals surface area (Å²) in [5.74, 6) is -0.191. The number of likely N-dealkylation sites (N-methyl/N-ethyl adjacent to an activating group) is 1. The zero-order chi connectivity index (χ0) is 12.3. The van der Waals surface area contributed by atoms with Crippen LogP contribution < -0.4 is 4.74 Å². The van der Waals surface area contributed by atoms with Gasteiger partial charge in [-0.15, -0.1) is 0 Å². The van der Waals surface area contributed by atoms with Crippen LogP contribution in [0.3, 0.4) is 0 Å². The molecule has 1 N–H and O–H groups in total. The molecule has 0 aromatic heterocycles. The molecule has 0 radical (unpaired) electrons. The summed E-state index contributed by atoms with van der Waals surface area (Å²) in [7, 11) is 2.11. The minimum absolute atomic E-state index is 0.285. The number of carbonyl (C=O) groups is 1. The average Bonchev–Trinajstić information content (AvgIpc) is 3.13. The normalized spacial score (nSPS) is 14.9. The fourth-order valence-corrected chi connectivity index (χ4v) is 1.70. The third-order valence-electron chi connectivity index (χ3n) is 2.98. The van der Waals surface area contributed by atoms with Gasteiger partial charge >= 0.3 is 5.97 Å². The van der Waals surface area contributed by atoms with Crippen LogP contribution in [0.2, 0.25) is 0 Å². The Bertz CT molecular complexity index is 384. The molecular weight excluding hydrogens is 218 g/mol. The Hall–Kier alpha value is -1.55. The summed E-state index contributed by atoms with van der Waals surface area (Å²) in [6.07, 6.45) is 2.59. The maximum absolute atomic E-state index is 10.6. The molecule has 0 atom stereocenters. The highest BCUT2D eigenvalue weighted by atomic mass is 16.5. The van der Waals surface area contributed by atoms with Crippen molar-refractivity contribution in [3.63, 3.8) is 0 Å². The van der Waals surface area contributed by atoms with Gasteiger partial charge in [-0.3, -0.25) is 0 Å². The molecular formula is C13H17NO3. The smallest absolute Gasteiger partial charge is 0.335 e. The van der Waals surface area contributed by atoms with Crippen LogP contribution in [0.15, 0.2) is 24.3 Å². The number of rotatable bonds is 6. The van der Waals surface area contributed by atoms with E-state index in [0.717, 1.165) is 18.3 Å². The number of carboxylic acids is 1. The molecule has 2 rings (SSSR count). The largest absolute Gasteiger partial charge is 0.492 e. The zero-order valence-corrected chi connectivity index (χ0v) is 9.93. The summed E-state index contributed by atoms with van der Waals surface area (Å²) in [6.45, 7) is 1.55. The number of hydrogen-bond acceptors (Lipinski definition) is 3. The van der Waals surface area contributed by atoms with Crippen LogP contribution in [0.1, 0.15) is 23.2 Å². The molecule has 4 nitrogen and oxygen atoms in total. The number of nitrogens with zero attached hydrogens (tertiary/aromatic N) is 1. The monoisotopic (exact) mass is 235 g/mol. The number of hydrogen-bond donors (Lipinski definition) is 1. The maximum atomic E-state index is 10.6. The lowest BCUT2D eigenvalue weighted by Crippen LogP contribution is -2.26. The Labute approximate surface area is 101 Å². The van der Waals surface area contributed by atoms with E-state index in [0.29, 0.717) is 6.61 Å². The van der Waals surface area contributed by atoms with Gasteiger partial charge in [-0.25, -0.2) is 4.79 Å². The standard InChI is InChI=1S/C13H17NO3/c1-14(11-4-5-11)8-9-17-12-6-2-10(3-7-12)13(15)16/h2-3,6-7,11H,4-5,8-9H2,1H3,(H,15,16). The summed E-state index contributed by atoms with van der Waals surface area (Å²) >= 11 is 0. The second-order valence-corrected chi connectivity index (χ2v) is 4.39. The fourth-order valence-electron chi connectivity index (χ4n) is 1.70. The van der Waals surface area contributed by atoms with Crippen molar-refractivity contribution in [2.75, 3.05) is 20.2 Å². The minimum atomic E-state index is -0.912. The summed E-state index contributed by atoms with van der Waals surface area (Å²) < 4.78 is 5.55. The van der Waals surface area contributed by atoms with Crippen molar-refractivity contribution in [1.29, 1.82) is 0 Å². The van der Waals surface area contributed by atoms with Gasteiger partial charge in [0.25, 0.3) is 0 Å². The topological polar surface area (TPSA) is 49.8 Å². The van der Waals surface area contributed by atoms with Gasteiger partial charge in [0.1, 0.15) is 12.4 Å². The third kappa shape index (κ3) is 3.46. The lowest BCUT2D eigenvalue weighted by atomic mass is 10.2. The van der Waals surface area contributed by atoms with Crippen LogP contribution >= 0.6 is 0 Å². The van der Waals surface area contributed by atoms with E-state index in [9.17, 15) is 4.79 Å². The Kier molecular flexibility index (Phi) is 3.64. The molecule has 1 aromatic carbocycles. The van der Waals surface area contributed by atoms with Crippen LogP contribution in [-0.2, 0) is 0 Å². The summed E-state index contributed by atoms with van der Waals surface area (Å²) in [5.41, 5.74) is 0.285. The second kappa shape index (κ2) is 5.19. The molecule has 0 spiro atoms. The van der Waals surface area contributed by atoms with Crippen LogP contribution in [0.25, 0.3) is 0 Å². The summed E-state index contributed by atoms with van der Waals surface area (Å²) in [5, 5.41) is 8.75. The number of carboxylic acid groups (broad SMARTS) is 1. The zero-order valence-electron chi connectivity index (χ0n) is 9.93. The van der Waals surface area contributed by atoms with Crippen molar-refractivity contribution in [3.05, 3.63) is 29.8 Å². The molecule has 0 bridgehead atoms. The summed E-state index contributed by atoms with van der Waals surface area (Å²) in [4.78, 5) is 12.9. The lowest BCUT2D eigenvalue weighted by molar-refractivity contribution is 0.0697. The molecule has 1 fully saturated rings. The molecule has 92 valence electrons.